The third kappa shape index (κ3) is 1.92. The highest BCUT2D eigenvalue weighted by molar-refractivity contribution is 5.41. The summed E-state index contributed by atoms with van der Waals surface area (Å²) in [7, 11) is 0. The van der Waals surface area contributed by atoms with Gasteiger partial charge in [0.25, 0.3) is 0 Å². The zero-order valence-corrected chi connectivity index (χ0v) is 8.88. The number of aryl methyl sites for hydroxylation is 1. The second kappa shape index (κ2) is 3.87. The molecule has 1 unspecified atom stereocenters. The minimum atomic E-state index is -0.437. The molecule has 0 bridgehead atoms. The van der Waals surface area contributed by atoms with E-state index in [0.717, 1.165) is 16.8 Å². The van der Waals surface area contributed by atoms with Gasteiger partial charge in [-0.1, -0.05) is 6.07 Å². The Morgan fingerprint density at radius 1 is 1.40 bits per heavy atom. The summed E-state index contributed by atoms with van der Waals surface area (Å²) in [6.45, 7) is 3.78. The molecule has 0 fully saturated rings. The van der Waals surface area contributed by atoms with Crippen LogP contribution in [0.2, 0.25) is 0 Å². The fraction of sp³-hybridized carbons (Fsp3) is 0.250. The van der Waals surface area contributed by atoms with Gasteiger partial charge in [0.15, 0.2) is 0 Å². The first-order chi connectivity index (χ1) is 7.18. The van der Waals surface area contributed by atoms with Crippen LogP contribution in [0.15, 0.2) is 36.9 Å². The van der Waals surface area contributed by atoms with Crippen molar-refractivity contribution in [1.82, 2.24) is 9.55 Å². The maximum Gasteiger partial charge on any atom is 0.0991 e. The highest BCUT2D eigenvalue weighted by Gasteiger charge is 2.06. The SMILES string of the molecule is Cc1ccc(-n2ccnc2)cc1C(C)O. The number of hydrogen-bond donors (Lipinski definition) is 1. The van der Waals surface area contributed by atoms with Gasteiger partial charge in [0, 0.05) is 18.1 Å². The molecule has 15 heavy (non-hydrogen) atoms. The number of nitrogens with zero attached hydrogens (tertiary/aromatic N) is 2. The summed E-state index contributed by atoms with van der Waals surface area (Å²) in [6, 6.07) is 6.02. The molecule has 1 aromatic carbocycles. The smallest absolute Gasteiger partial charge is 0.0991 e. The van der Waals surface area contributed by atoms with Crippen LogP contribution < -0.4 is 0 Å². The minimum Gasteiger partial charge on any atom is -0.389 e. The summed E-state index contributed by atoms with van der Waals surface area (Å²) in [5, 5.41) is 9.60. The third-order valence-electron chi connectivity index (χ3n) is 2.52. The molecule has 1 N–H and O–H groups in total. The van der Waals surface area contributed by atoms with Crippen molar-refractivity contribution in [3.05, 3.63) is 48.0 Å². The molecule has 0 saturated heterocycles. The standard InChI is InChI=1S/C12H14N2O/c1-9-3-4-11(7-12(9)10(2)15)14-6-5-13-8-14/h3-8,10,15H,1-2H3. The van der Waals surface area contributed by atoms with E-state index < -0.39 is 6.10 Å². The van der Waals surface area contributed by atoms with Crippen LogP contribution in [0.1, 0.15) is 24.2 Å². The largest absolute Gasteiger partial charge is 0.389 e. The van der Waals surface area contributed by atoms with Gasteiger partial charge < -0.3 is 9.67 Å². The van der Waals surface area contributed by atoms with Crippen molar-refractivity contribution in [2.24, 2.45) is 0 Å². The molecule has 0 spiro atoms. The van der Waals surface area contributed by atoms with E-state index in [9.17, 15) is 5.11 Å². The number of benzene rings is 1. The third-order valence-corrected chi connectivity index (χ3v) is 2.52. The first-order valence-electron chi connectivity index (χ1n) is 4.95. The van der Waals surface area contributed by atoms with Gasteiger partial charge in [0.05, 0.1) is 12.4 Å². The number of aliphatic hydroxyl groups is 1. The maximum atomic E-state index is 9.60. The molecule has 0 amide bonds. The molecular weight excluding hydrogens is 188 g/mol. The van der Waals surface area contributed by atoms with Crippen molar-refractivity contribution in [2.45, 2.75) is 20.0 Å². The van der Waals surface area contributed by atoms with Crippen molar-refractivity contribution in [3.8, 4) is 5.69 Å². The minimum absolute atomic E-state index is 0.437. The summed E-state index contributed by atoms with van der Waals surface area (Å²) >= 11 is 0. The van der Waals surface area contributed by atoms with Gasteiger partial charge in [-0.2, -0.15) is 0 Å². The lowest BCUT2D eigenvalue weighted by molar-refractivity contribution is 0.198. The topological polar surface area (TPSA) is 38.0 Å². The van der Waals surface area contributed by atoms with Gasteiger partial charge in [-0.3, -0.25) is 0 Å². The Morgan fingerprint density at radius 3 is 2.80 bits per heavy atom. The number of aromatic nitrogens is 2. The number of aliphatic hydroxyl groups excluding tert-OH is 1. The van der Waals surface area contributed by atoms with Gasteiger partial charge in [-0.05, 0) is 37.1 Å². The Bertz CT molecular complexity index is 447. The fourth-order valence-corrected chi connectivity index (χ4v) is 1.65. The zero-order valence-electron chi connectivity index (χ0n) is 8.88. The van der Waals surface area contributed by atoms with Crippen LogP contribution in [-0.4, -0.2) is 14.7 Å². The highest BCUT2D eigenvalue weighted by Crippen LogP contribution is 2.20. The Hall–Kier alpha value is -1.61. The molecule has 2 aromatic rings. The van der Waals surface area contributed by atoms with Crippen molar-refractivity contribution in [2.75, 3.05) is 0 Å². The van der Waals surface area contributed by atoms with Crippen molar-refractivity contribution in [1.29, 1.82) is 0 Å². The summed E-state index contributed by atoms with van der Waals surface area (Å²) in [4.78, 5) is 4.00. The van der Waals surface area contributed by atoms with Gasteiger partial charge in [-0.25, -0.2) is 4.98 Å². The Labute approximate surface area is 89.0 Å². The van der Waals surface area contributed by atoms with Crippen LogP contribution in [-0.2, 0) is 0 Å². The van der Waals surface area contributed by atoms with Gasteiger partial charge in [0.1, 0.15) is 0 Å². The highest BCUT2D eigenvalue weighted by atomic mass is 16.3. The van der Waals surface area contributed by atoms with E-state index in [0.29, 0.717) is 0 Å². The van der Waals surface area contributed by atoms with Crippen LogP contribution in [0.3, 0.4) is 0 Å². The molecule has 3 heteroatoms. The van der Waals surface area contributed by atoms with E-state index >= 15 is 0 Å². The van der Waals surface area contributed by atoms with E-state index in [1.807, 2.05) is 35.9 Å². The van der Waals surface area contributed by atoms with E-state index in [1.54, 1.807) is 19.4 Å². The van der Waals surface area contributed by atoms with Crippen LogP contribution in [0.5, 0.6) is 0 Å². The first-order valence-corrected chi connectivity index (χ1v) is 4.95. The number of imidazole rings is 1. The number of hydrogen-bond acceptors (Lipinski definition) is 2. The van der Waals surface area contributed by atoms with Crippen molar-refractivity contribution in [3.63, 3.8) is 0 Å². The molecular formula is C12H14N2O. The summed E-state index contributed by atoms with van der Waals surface area (Å²) in [5.41, 5.74) is 3.09. The monoisotopic (exact) mass is 202 g/mol. The molecule has 0 radical (unpaired) electrons. The average Bonchev–Trinajstić information content (AvgIpc) is 2.71. The normalized spacial score (nSPS) is 12.7. The lowest BCUT2D eigenvalue weighted by Gasteiger charge is -2.11. The predicted molar refractivity (Wildman–Crippen MR) is 58.9 cm³/mol. The average molecular weight is 202 g/mol. The molecule has 0 aliphatic heterocycles. The van der Waals surface area contributed by atoms with Crippen LogP contribution in [0.25, 0.3) is 5.69 Å². The second-order valence-electron chi connectivity index (χ2n) is 3.69. The predicted octanol–water partition coefficient (Wildman–Crippen LogP) is 2.23. The van der Waals surface area contributed by atoms with Crippen LogP contribution in [0.4, 0.5) is 0 Å². The second-order valence-corrected chi connectivity index (χ2v) is 3.69. The van der Waals surface area contributed by atoms with Crippen molar-refractivity contribution >= 4 is 0 Å². The van der Waals surface area contributed by atoms with Gasteiger partial charge >= 0.3 is 0 Å². The molecule has 0 aliphatic rings. The van der Waals surface area contributed by atoms with Crippen molar-refractivity contribution < 1.29 is 5.11 Å². The maximum absolute atomic E-state index is 9.60. The lowest BCUT2D eigenvalue weighted by atomic mass is 10.0. The van der Waals surface area contributed by atoms with E-state index in [1.165, 1.54) is 0 Å². The molecule has 1 atom stereocenters. The molecule has 0 aliphatic carbocycles. The molecule has 78 valence electrons. The first kappa shape index (κ1) is 9.93. The summed E-state index contributed by atoms with van der Waals surface area (Å²) < 4.78 is 1.92. The van der Waals surface area contributed by atoms with Gasteiger partial charge in [0.2, 0.25) is 0 Å². The Balaban J connectivity index is 2.48. The van der Waals surface area contributed by atoms with E-state index in [2.05, 4.69) is 4.98 Å². The molecule has 2 rings (SSSR count). The van der Waals surface area contributed by atoms with Gasteiger partial charge in [-0.15, -0.1) is 0 Å². The summed E-state index contributed by atoms with van der Waals surface area (Å²) in [5.74, 6) is 0. The van der Waals surface area contributed by atoms with E-state index in [4.69, 9.17) is 0 Å². The number of rotatable bonds is 2. The fourth-order valence-electron chi connectivity index (χ4n) is 1.65. The Morgan fingerprint density at radius 2 is 2.20 bits per heavy atom. The quantitative estimate of drug-likeness (QED) is 0.811. The van der Waals surface area contributed by atoms with Crippen LogP contribution in [0, 0.1) is 6.92 Å². The Kier molecular flexibility index (Phi) is 2.56. The zero-order chi connectivity index (χ0) is 10.8. The lowest BCUT2D eigenvalue weighted by Crippen LogP contribution is -1.98. The molecule has 1 aromatic heterocycles. The van der Waals surface area contributed by atoms with Crippen LogP contribution >= 0.6 is 0 Å². The van der Waals surface area contributed by atoms with E-state index in [-0.39, 0.29) is 0 Å². The molecule has 3 nitrogen and oxygen atoms in total. The molecule has 0 saturated carbocycles. The molecule has 1 heterocycles. The summed E-state index contributed by atoms with van der Waals surface area (Å²) in [6.07, 6.45) is 4.93.